The molecule has 1 rings (SSSR count). The first-order chi connectivity index (χ1) is 6.74. The smallest absolute Gasteiger partial charge is 0.266 e. The van der Waals surface area contributed by atoms with Gasteiger partial charge in [0.1, 0.15) is 5.02 Å². The second-order valence-electron chi connectivity index (χ2n) is 2.90. The molecule has 1 heterocycles. The van der Waals surface area contributed by atoms with Crippen molar-refractivity contribution in [2.45, 2.75) is 6.42 Å². The SMILES string of the molecule is CNCCC=Cc1c[nH]c(=O)c(Cl)c1. The first-order valence-electron chi connectivity index (χ1n) is 4.43. The van der Waals surface area contributed by atoms with Gasteiger partial charge in [-0.2, -0.15) is 0 Å². The highest BCUT2D eigenvalue weighted by molar-refractivity contribution is 6.30. The molecular weight excluding hydrogens is 200 g/mol. The molecule has 2 N–H and O–H groups in total. The van der Waals surface area contributed by atoms with Crippen LogP contribution < -0.4 is 10.9 Å². The molecule has 0 saturated heterocycles. The first-order valence-corrected chi connectivity index (χ1v) is 4.81. The lowest BCUT2D eigenvalue weighted by molar-refractivity contribution is 0.809. The molecule has 0 spiro atoms. The molecule has 0 saturated carbocycles. The summed E-state index contributed by atoms with van der Waals surface area (Å²) in [7, 11) is 1.91. The van der Waals surface area contributed by atoms with Crippen LogP contribution in [0.3, 0.4) is 0 Å². The summed E-state index contributed by atoms with van der Waals surface area (Å²) in [5, 5.41) is 3.26. The molecule has 3 nitrogen and oxygen atoms in total. The Kier molecular flexibility index (Phi) is 4.43. The van der Waals surface area contributed by atoms with Gasteiger partial charge >= 0.3 is 0 Å². The first kappa shape index (κ1) is 11.0. The van der Waals surface area contributed by atoms with Crippen LogP contribution in [-0.2, 0) is 0 Å². The van der Waals surface area contributed by atoms with Crippen LogP contribution in [-0.4, -0.2) is 18.6 Å². The van der Waals surface area contributed by atoms with Crippen molar-refractivity contribution in [2.24, 2.45) is 0 Å². The maximum absolute atomic E-state index is 10.9. The number of aromatic amines is 1. The fourth-order valence-corrected chi connectivity index (χ4v) is 1.20. The predicted molar refractivity (Wildman–Crippen MR) is 59.7 cm³/mol. The molecule has 0 amide bonds. The van der Waals surface area contributed by atoms with E-state index >= 15 is 0 Å². The number of hydrogen-bond donors (Lipinski definition) is 2. The molecule has 0 aromatic carbocycles. The van der Waals surface area contributed by atoms with E-state index in [2.05, 4.69) is 10.3 Å². The Labute approximate surface area is 87.8 Å². The van der Waals surface area contributed by atoms with Gasteiger partial charge in [0.05, 0.1) is 0 Å². The highest BCUT2D eigenvalue weighted by Gasteiger charge is 1.94. The molecular formula is C10H13ClN2O. The molecule has 0 atom stereocenters. The maximum Gasteiger partial charge on any atom is 0.266 e. The molecule has 76 valence electrons. The van der Waals surface area contributed by atoms with Crippen molar-refractivity contribution in [3.05, 3.63) is 39.3 Å². The van der Waals surface area contributed by atoms with Gasteiger partial charge in [-0.15, -0.1) is 0 Å². The van der Waals surface area contributed by atoms with Gasteiger partial charge in [-0.1, -0.05) is 23.8 Å². The Balaban J connectivity index is 2.63. The molecule has 0 unspecified atom stereocenters. The zero-order valence-corrected chi connectivity index (χ0v) is 8.77. The molecule has 0 aliphatic rings. The summed E-state index contributed by atoms with van der Waals surface area (Å²) in [4.78, 5) is 13.5. The fourth-order valence-electron chi connectivity index (χ4n) is 1.01. The minimum atomic E-state index is -0.251. The van der Waals surface area contributed by atoms with Gasteiger partial charge in [0.2, 0.25) is 0 Å². The average Bonchev–Trinajstić information content (AvgIpc) is 2.18. The largest absolute Gasteiger partial charge is 0.327 e. The molecule has 14 heavy (non-hydrogen) atoms. The van der Waals surface area contributed by atoms with Gasteiger partial charge < -0.3 is 10.3 Å². The predicted octanol–water partition coefficient (Wildman–Crippen LogP) is 1.65. The van der Waals surface area contributed by atoms with Crippen LogP contribution in [0.5, 0.6) is 0 Å². The molecule has 0 bridgehead atoms. The highest BCUT2D eigenvalue weighted by Crippen LogP contribution is 2.05. The second-order valence-corrected chi connectivity index (χ2v) is 3.31. The van der Waals surface area contributed by atoms with Crippen molar-refractivity contribution in [1.82, 2.24) is 10.3 Å². The summed E-state index contributed by atoms with van der Waals surface area (Å²) < 4.78 is 0. The number of aromatic nitrogens is 1. The fraction of sp³-hybridized carbons (Fsp3) is 0.300. The van der Waals surface area contributed by atoms with E-state index in [-0.39, 0.29) is 10.6 Å². The van der Waals surface area contributed by atoms with Crippen molar-refractivity contribution in [2.75, 3.05) is 13.6 Å². The molecule has 0 fully saturated rings. The van der Waals surface area contributed by atoms with Gasteiger partial charge in [0, 0.05) is 6.20 Å². The van der Waals surface area contributed by atoms with Crippen LogP contribution >= 0.6 is 11.6 Å². The summed E-state index contributed by atoms with van der Waals surface area (Å²) in [5.74, 6) is 0. The van der Waals surface area contributed by atoms with Gasteiger partial charge in [-0.05, 0) is 31.6 Å². The number of nitrogens with one attached hydrogen (secondary N) is 2. The third kappa shape index (κ3) is 3.36. The number of halogens is 1. The lowest BCUT2D eigenvalue weighted by Crippen LogP contribution is -2.06. The van der Waals surface area contributed by atoms with E-state index in [9.17, 15) is 4.79 Å². The van der Waals surface area contributed by atoms with Crippen molar-refractivity contribution >= 4 is 17.7 Å². The molecule has 0 aliphatic heterocycles. The van der Waals surface area contributed by atoms with Crippen molar-refractivity contribution < 1.29 is 0 Å². The van der Waals surface area contributed by atoms with Crippen LogP contribution in [0.1, 0.15) is 12.0 Å². The van der Waals surface area contributed by atoms with Crippen molar-refractivity contribution in [1.29, 1.82) is 0 Å². The summed E-state index contributed by atoms with van der Waals surface area (Å²) in [6.07, 6.45) is 6.55. The molecule has 0 aliphatic carbocycles. The van der Waals surface area contributed by atoms with Gasteiger partial charge in [0.25, 0.3) is 5.56 Å². The van der Waals surface area contributed by atoms with E-state index < -0.39 is 0 Å². The van der Waals surface area contributed by atoms with Crippen molar-refractivity contribution in [3.8, 4) is 0 Å². The topological polar surface area (TPSA) is 44.9 Å². The van der Waals surface area contributed by atoms with Gasteiger partial charge in [-0.3, -0.25) is 4.79 Å². The zero-order valence-electron chi connectivity index (χ0n) is 8.01. The van der Waals surface area contributed by atoms with Crippen LogP contribution in [0, 0.1) is 0 Å². The molecule has 1 aromatic rings. The van der Waals surface area contributed by atoms with E-state index in [4.69, 9.17) is 11.6 Å². The number of H-pyrrole nitrogens is 1. The summed E-state index contributed by atoms with van der Waals surface area (Å²) in [6.45, 7) is 0.938. The molecule has 1 aromatic heterocycles. The Morgan fingerprint density at radius 3 is 3.07 bits per heavy atom. The molecule has 4 heteroatoms. The van der Waals surface area contributed by atoms with Crippen LogP contribution in [0.2, 0.25) is 5.02 Å². The Hall–Kier alpha value is -1.06. The lowest BCUT2D eigenvalue weighted by atomic mass is 10.2. The van der Waals surface area contributed by atoms with Crippen molar-refractivity contribution in [3.63, 3.8) is 0 Å². The van der Waals surface area contributed by atoms with E-state index in [0.717, 1.165) is 18.5 Å². The van der Waals surface area contributed by atoms with Crippen LogP contribution in [0.25, 0.3) is 6.08 Å². The van der Waals surface area contributed by atoms with Crippen LogP contribution in [0.15, 0.2) is 23.1 Å². The third-order valence-corrected chi connectivity index (χ3v) is 2.03. The number of rotatable bonds is 4. The van der Waals surface area contributed by atoms with E-state index in [1.807, 2.05) is 19.2 Å². The van der Waals surface area contributed by atoms with E-state index in [0.29, 0.717) is 0 Å². The van der Waals surface area contributed by atoms with Crippen LogP contribution in [0.4, 0.5) is 0 Å². The Bertz CT molecular complexity index is 371. The quantitative estimate of drug-likeness (QED) is 0.746. The standard InChI is InChI=1S/C10H13ClN2O/c1-12-5-3-2-4-8-6-9(11)10(14)13-7-8/h2,4,6-7,12H,3,5H2,1H3,(H,13,14). The third-order valence-electron chi connectivity index (χ3n) is 1.75. The number of pyridine rings is 1. The second kappa shape index (κ2) is 5.62. The monoisotopic (exact) mass is 212 g/mol. The maximum atomic E-state index is 10.9. The summed E-state index contributed by atoms with van der Waals surface area (Å²) >= 11 is 5.66. The Morgan fingerprint density at radius 2 is 2.43 bits per heavy atom. The minimum absolute atomic E-state index is 0.223. The lowest BCUT2D eigenvalue weighted by Gasteiger charge is -1.94. The van der Waals surface area contributed by atoms with E-state index in [1.165, 1.54) is 0 Å². The summed E-state index contributed by atoms with van der Waals surface area (Å²) in [5.41, 5.74) is 0.657. The average molecular weight is 213 g/mol. The molecule has 0 radical (unpaired) electrons. The summed E-state index contributed by atoms with van der Waals surface area (Å²) in [6, 6.07) is 1.65. The highest BCUT2D eigenvalue weighted by atomic mass is 35.5. The minimum Gasteiger partial charge on any atom is -0.327 e. The van der Waals surface area contributed by atoms with Gasteiger partial charge in [0.15, 0.2) is 0 Å². The zero-order chi connectivity index (χ0) is 10.4. The normalized spacial score (nSPS) is 11.0. The Morgan fingerprint density at radius 1 is 1.64 bits per heavy atom. The van der Waals surface area contributed by atoms with Gasteiger partial charge in [-0.25, -0.2) is 0 Å². The number of hydrogen-bond acceptors (Lipinski definition) is 2. The van der Waals surface area contributed by atoms with E-state index in [1.54, 1.807) is 12.3 Å².